The Kier molecular flexibility index (Phi) is 5.04. The summed E-state index contributed by atoms with van der Waals surface area (Å²) < 4.78 is 36.7. The van der Waals surface area contributed by atoms with Crippen LogP contribution in [0.4, 0.5) is 8.78 Å². The topological polar surface area (TPSA) is 48.4 Å². The molecule has 0 aliphatic heterocycles. The van der Waals surface area contributed by atoms with Crippen LogP contribution in [0.25, 0.3) is 10.6 Å². The highest BCUT2D eigenvalue weighted by Gasteiger charge is 2.15. The first-order valence-corrected chi connectivity index (χ1v) is 8.16. The van der Waals surface area contributed by atoms with Crippen molar-refractivity contribution in [1.82, 2.24) is 4.98 Å². The zero-order chi connectivity index (χ0) is 17.8. The molecule has 25 heavy (non-hydrogen) atoms. The second kappa shape index (κ2) is 7.40. The van der Waals surface area contributed by atoms with Crippen LogP contribution in [-0.4, -0.2) is 18.1 Å². The van der Waals surface area contributed by atoms with E-state index in [4.69, 9.17) is 9.47 Å². The van der Waals surface area contributed by atoms with Gasteiger partial charge < -0.3 is 9.47 Å². The first-order chi connectivity index (χ1) is 12.1. The van der Waals surface area contributed by atoms with Crippen molar-refractivity contribution in [3.8, 4) is 16.3 Å². The molecule has 128 valence electrons. The third kappa shape index (κ3) is 4.00. The molecule has 0 aliphatic carbocycles. The summed E-state index contributed by atoms with van der Waals surface area (Å²) in [7, 11) is 1.58. The van der Waals surface area contributed by atoms with Gasteiger partial charge >= 0.3 is 5.97 Å². The molecule has 7 heteroatoms. The number of thiazole rings is 1. The van der Waals surface area contributed by atoms with Crippen LogP contribution in [0, 0.1) is 11.6 Å². The highest BCUT2D eigenvalue weighted by molar-refractivity contribution is 7.13. The lowest BCUT2D eigenvalue weighted by Crippen LogP contribution is -2.08. The fourth-order valence-electron chi connectivity index (χ4n) is 2.13. The first-order valence-electron chi connectivity index (χ1n) is 7.28. The molecule has 0 radical (unpaired) electrons. The number of hydrogen-bond acceptors (Lipinski definition) is 5. The zero-order valence-electron chi connectivity index (χ0n) is 13.2. The van der Waals surface area contributed by atoms with Crippen LogP contribution in [0.5, 0.6) is 5.75 Å². The number of carbonyl (C=O) groups excluding carboxylic acids is 1. The van der Waals surface area contributed by atoms with Gasteiger partial charge in [0.05, 0.1) is 18.4 Å². The van der Waals surface area contributed by atoms with Crippen molar-refractivity contribution in [3.63, 3.8) is 0 Å². The number of methoxy groups -OCH3 is 1. The predicted octanol–water partition coefficient (Wildman–Crippen LogP) is 4.45. The maximum Gasteiger partial charge on any atom is 0.341 e. The van der Waals surface area contributed by atoms with Crippen molar-refractivity contribution < 1.29 is 23.0 Å². The van der Waals surface area contributed by atoms with Gasteiger partial charge in [0.25, 0.3) is 0 Å². The molecule has 0 saturated heterocycles. The van der Waals surface area contributed by atoms with E-state index in [1.807, 2.05) is 24.3 Å². The number of aromatic nitrogens is 1. The Morgan fingerprint density at radius 2 is 2.04 bits per heavy atom. The second-order valence-electron chi connectivity index (χ2n) is 5.08. The Balaban J connectivity index is 1.68. The standard InChI is InChI=1S/C18H13F2NO3S/c1-23-14-4-2-3-11(7-14)17-21-13(10-25-17)9-24-18(22)15-6-5-12(19)8-16(15)20/h2-8,10H,9H2,1H3. The van der Waals surface area contributed by atoms with Crippen LogP contribution in [-0.2, 0) is 11.3 Å². The lowest BCUT2D eigenvalue weighted by atomic mass is 10.2. The monoisotopic (exact) mass is 361 g/mol. The van der Waals surface area contributed by atoms with Crippen LogP contribution in [0.15, 0.2) is 47.8 Å². The van der Waals surface area contributed by atoms with Gasteiger partial charge in [-0.15, -0.1) is 11.3 Å². The molecule has 0 aliphatic rings. The molecule has 0 bridgehead atoms. The minimum Gasteiger partial charge on any atom is -0.497 e. The summed E-state index contributed by atoms with van der Waals surface area (Å²) in [6.07, 6.45) is 0. The van der Waals surface area contributed by atoms with Crippen molar-refractivity contribution >= 4 is 17.3 Å². The summed E-state index contributed by atoms with van der Waals surface area (Å²) in [4.78, 5) is 16.3. The summed E-state index contributed by atoms with van der Waals surface area (Å²) in [5.41, 5.74) is 1.11. The van der Waals surface area contributed by atoms with E-state index in [1.165, 1.54) is 11.3 Å². The Labute approximate surface area is 146 Å². The summed E-state index contributed by atoms with van der Waals surface area (Å²) in [6.45, 7) is -0.101. The van der Waals surface area contributed by atoms with Gasteiger partial charge in [0, 0.05) is 17.0 Å². The van der Waals surface area contributed by atoms with E-state index in [0.717, 1.165) is 22.7 Å². The molecule has 0 atom stereocenters. The van der Waals surface area contributed by atoms with E-state index >= 15 is 0 Å². The van der Waals surface area contributed by atoms with Gasteiger partial charge in [-0.1, -0.05) is 12.1 Å². The van der Waals surface area contributed by atoms with Gasteiger partial charge in [0.1, 0.15) is 29.0 Å². The third-order valence-corrected chi connectivity index (χ3v) is 4.31. The van der Waals surface area contributed by atoms with Gasteiger partial charge in [0.15, 0.2) is 0 Å². The van der Waals surface area contributed by atoms with Crippen LogP contribution in [0.1, 0.15) is 16.1 Å². The van der Waals surface area contributed by atoms with E-state index < -0.39 is 17.6 Å². The van der Waals surface area contributed by atoms with Crippen molar-refractivity contribution in [2.45, 2.75) is 6.61 Å². The second-order valence-corrected chi connectivity index (χ2v) is 5.93. The highest BCUT2D eigenvalue weighted by Crippen LogP contribution is 2.27. The zero-order valence-corrected chi connectivity index (χ0v) is 14.0. The van der Waals surface area contributed by atoms with Gasteiger partial charge in [-0.25, -0.2) is 18.6 Å². The van der Waals surface area contributed by atoms with E-state index in [0.29, 0.717) is 17.5 Å². The number of rotatable bonds is 5. The van der Waals surface area contributed by atoms with Gasteiger partial charge in [-0.2, -0.15) is 0 Å². The minimum atomic E-state index is -0.958. The Bertz CT molecular complexity index is 911. The lowest BCUT2D eigenvalue weighted by Gasteiger charge is -2.04. The molecule has 2 aromatic carbocycles. The van der Waals surface area contributed by atoms with Gasteiger partial charge in [-0.05, 0) is 24.3 Å². The average Bonchev–Trinajstić information content (AvgIpc) is 3.09. The molecule has 3 aromatic rings. The number of carbonyl (C=O) groups is 1. The van der Waals surface area contributed by atoms with E-state index in [9.17, 15) is 13.6 Å². The molecule has 0 saturated carbocycles. The van der Waals surface area contributed by atoms with E-state index in [-0.39, 0.29) is 12.2 Å². The van der Waals surface area contributed by atoms with Crippen LogP contribution < -0.4 is 4.74 Å². The number of nitrogens with zero attached hydrogens (tertiary/aromatic N) is 1. The molecule has 0 spiro atoms. The normalized spacial score (nSPS) is 10.5. The Morgan fingerprint density at radius 1 is 1.20 bits per heavy atom. The molecular weight excluding hydrogens is 348 g/mol. The molecule has 4 nitrogen and oxygen atoms in total. The number of ether oxygens (including phenoxy) is 2. The molecule has 0 amide bonds. The molecule has 3 rings (SSSR count). The molecule has 1 aromatic heterocycles. The van der Waals surface area contributed by atoms with Crippen molar-refractivity contribution in [3.05, 3.63) is 70.7 Å². The third-order valence-electron chi connectivity index (χ3n) is 3.37. The van der Waals surface area contributed by atoms with Crippen LogP contribution >= 0.6 is 11.3 Å². The SMILES string of the molecule is COc1cccc(-c2nc(COC(=O)c3ccc(F)cc3F)cs2)c1. The number of benzene rings is 2. The summed E-state index contributed by atoms with van der Waals surface area (Å²) >= 11 is 1.39. The summed E-state index contributed by atoms with van der Waals surface area (Å²) in [5, 5.41) is 2.50. The molecule has 1 heterocycles. The van der Waals surface area contributed by atoms with Crippen molar-refractivity contribution in [2.24, 2.45) is 0 Å². The molecule has 0 fully saturated rings. The Hall–Kier alpha value is -2.80. The van der Waals surface area contributed by atoms with Crippen molar-refractivity contribution in [2.75, 3.05) is 7.11 Å². The fourth-order valence-corrected chi connectivity index (χ4v) is 2.94. The number of hydrogen-bond donors (Lipinski definition) is 0. The molecule has 0 unspecified atom stereocenters. The largest absolute Gasteiger partial charge is 0.497 e. The average molecular weight is 361 g/mol. The molecule has 0 N–H and O–H groups in total. The van der Waals surface area contributed by atoms with E-state index in [1.54, 1.807) is 12.5 Å². The number of esters is 1. The quantitative estimate of drug-likeness (QED) is 0.630. The maximum absolute atomic E-state index is 13.6. The summed E-state index contributed by atoms with van der Waals surface area (Å²) in [6, 6.07) is 10.1. The molecular formula is C18H13F2NO3S. The lowest BCUT2D eigenvalue weighted by molar-refractivity contribution is 0.0463. The van der Waals surface area contributed by atoms with Gasteiger partial charge in [-0.3, -0.25) is 0 Å². The smallest absolute Gasteiger partial charge is 0.341 e. The fraction of sp³-hybridized carbons (Fsp3) is 0.111. The van der Waals surface area contributed by atoms with Gasteiger partial charge in [0.2, 0.25) is 0 Å². The predicted molar refractivity (Wildman–Crippen MR) is 89.6 cm³/mol. The Morgan fingerprint density at radius 3 is 2.80 bits per heavy atom. The van der Waals surface area contributed by atoms with Crippen LogP contribution in [0.3, 0.4) is 0 Å². The maximum atomic E-state index is 13.6. The minimum absolute atomic E-state index is 0.101. The van der Waals surface area contributed by atoms with Crippen LogP contribution in [0.2, 0.25) is 0 Å². The number of halogens is 2. The highest BCUT2D eigenvalue weighted by atomic mass is 32.1. The van der Waals surface area contributed by atoms with E-state index in [2.05, 4.69) is 4.98 Å². The first kappa shape index (κ1) is 17.0. The summed E-state index contributed by atoms with van der Waals surface area (Å²) in [5.74, 6) is -1.86. The van der Waals surface area contributed by atoms with Crippen molar-refractivity contribution in [1.29, 1.82) is 0 Å².